The van der Waals surface area contributed by atoms with Gasteiger partial charge in [0.2, 0.25) is 5.88 Å². The van der Waals surface area contributed by atoms with Gasteiger partial charge >= 0.3 is 0 Å². The van der Waals surface area contributed by atoms with Crippen molar-refractivity contribution >= 4 is 39.8 Å². The molecule has 1 aliphatic carbocycles. The van der Waals surface area contributed by atoms with E-state index in [-0.39, 0.29) is 5.41 Å². The maximum atomic E-state index is 7.30. The highest BCUT2D eigenvalue weighted by Crippen LogP contribution is 2.53. The van der Waals surface area contributed by atoms with Crippen molar-refractivity contribution in [3.8, 4) is 44.9 Å². The number of hydrogen-bond acceptors (Lipinski definition) is 3. The third-order valence-electron chi connectivity index (χ3n) is 9.99. The van der Waals surface area contributed by atoms with Crippen LogP contribution in [-0.2, 0) is 5.41 Å². The molecule has 0 saturated heterocycles. The Morgan fingerprint density at radius 1 is 0.529 bits per heavy atom. The molecule has 0 unspecified atom stereocenters. The molecule has 0 spiro atoms. The summed E-state index contributed by atoms with van der Waals surface area (Å²) in [5, 5.41) is 1.77. The maximum absolute atomic E-state index is 7.30. The third-order valence-corrected chi connectivity index (χ3v) is 10.4. The second-order valence-corrected chi connectivity index (χ2v) is 13.9. The zero-order valence-corrected chi connectivity index (χ0v) is 29.1. The Morgan fingerprint density at radius 2 is 1.22 bits per heavy atom. The molecule has 0 saturated carbocycles. The summed E-state index contributed by atoms with van der Waals surface area (Å²) < 4.78 is 13.0. The first-order valence-electron chi connectivity index (χ1n) is 17.2. The molecule has 8 aromatic rings. The summed E-state index contributed by atoms with van der Waals surface area (Å²) in [7, 11) is 0. The van der Waals surface area contributed by atoms with E-state index < -0.39 is 0 Å². The topological polar surface area (TPSA) is 25.6 Å². The van der Waals surface area contributed by atoms with E-state index in [0.717, 1.165) is 66.7 Å². The first-order chi connectivity index (χ1) is 24.9. The van der Waals surface area contributed by atoms with Crippen LogP contribution >= 0.6 is 11.6 Å². The smallest absolute Gasteiger partial charge is 0.205 e. The van der Waals surface area contributed by atoms with Crippen molar-refractivity contribution in [2.45, 2.75) is 19.3 Å². The first-order valence-corrected chi connectivity index (χ1v) is 17.6. The summed E-state index contributed by atoms with van der Waals surface area (Å²) >= 11 is 7.30. The average Bonchev–Trinajstić information content (AvgIpc) is 3.68. The minimum Gasteiger partial charge on any atom is -0.457 e. The van der Waals surface area contributed by atoms with Crippen molar-refractivity contribution < 1.29 is 9.15 Å². The molecule has 1 aliphatic rings. The van der Waals surface area contributed by atoms with E-state index in [0.29, 0.717) is 5.88 Å². The molecule has 3 nitrogen and oxygen atoms in total. The molecule has 0 aliphatic heterocycles. The fourth-order valence-electron chi connectivity index (χ4n) is 7.44. The maximum Gasteiger partial charge on any atom is 0.205 e. The van der Waals surface area contributed by atoms with Crippen LogP contribution in [0.5, 0.6) is 11.5 Å². The number of para-hydroxylation sites is 1. The number of fused-ring (bicyclic) bond motifs is 4. The zero-order valence-electron chi connectivity index (χ0n) is 28.3. The molecule has 9 rings (SSSR count). The van der Waals surface area contributed by atoms with Crippen LogP contribution in [0.1, 0.15) is 25.0 Å². The monoisotopic (exact) mass is 679 g/mol. The summed E-state index contributed by atoms with van der Waals surface area (Å²) in [6, 6.07) is 58.3. The van der Waals surface area contributed by atoms with E-state index in [1.807, 2.05) is 54.6 Å². The van der Waals surface area contributed by atoms with E-state index in [1.54, 1.807) is 0 Å². The van der Waals surface area contributed by atoms with Crippen molar-refractivity contribution in [2.75, 3.05) is 4.90 Å². The molecule has 0 amide bonds. The number of rotatable bonds is 7. The molecule has 4 heteroatoms. The second-order valence-electron chi connectivity index (χ2n) is 13.5. The van der Waals surface area contributed by atoms with Gasteiger partial charge in [-0.15, -0.1) is 0 Å². The molecule has 1 aromatic heterocycles. The van der Waals surface area contributed by atoms with Crippen LogP contribution in [0.4, 0.5) is 17.3 Å². The Hall–Kier alpha value is -6.03. The average molecular weight is 680 g/mol. The second kappa shape index (κ2) is 12.4. The lowest BCUT2D eigenvalue weighted by molar-refractivity contribution is 0.483. The van der Waals surface area contributed by atoms with E-state index >= 15 is 0 Å². The van der Waals surface area contributed by atoms with Gasteiger partial charge in [-0.3, -0.25) is 4.90 Å². The number of halogens is 1. The number of furan rings is 1. The SMILES string of the molecule is CC1(C)c2ccccc2-c2c1ccc(-c1ccc3cc(N(c4cccc(Oc5ccccc5)c4)c4cccc(-c5ccccc5)c4)oc3c1)c2Cl. The van der Waals surface area contributed by atoms with Gasteiger partial charge < -0.3 is 9.15 Å². The lowest BCUT2D eigenvalue weighted by atomic mass is 9.82. The van der Waals surface area contributed by atoms with Gasteiger partial charge in [-0.05, 0) is 75.8 Å². The lowest BCUT2D eigenvalue weighted by Crippen LogP contribution is -2.14. The standard InChI is InChI=1S/C47H34ClNO2/c1-47(2)41-22-10-9-21-40(41)45-42(47)26-25-39(46(45)48)33-23-24-34-29-44(51-43(34)28-33)49(35-16-11-15-32(27-35)31-13-5-3-6-14-31)36-17-12-20-38(30-36)50-37-18-7-4-8-19-37/h3-30H,1-2H3. The normalized spacial score (nSPS) is 12.8. The highest BCUT2D eigenvalue weighted by atomic mass is 35.5. The van der Waals surface area contributed by atoms with E-state index in [2.05, 4.69) is 134 Å². The van der Waals surface area contributed by atoms with Crippen molar-refractivity contribution in [3.05, 3.63) is 186 Å². The molecular formula is C47H34ClNO2. The molecule has 0 bridgehead atoms. The van der Waals surface area contributed by atoms with Gasteiger partial charge in [-0.1, -0.05) is 141 Å². The van der Waals surface area contributed by atoms with Crippen molar-refractivity contribution in [1.82, 2.24) is 0 Å². The fourth-order valence-corrected chi connectivity index (χ4v) is 7.81. The zero-order chi connectivity index (χ0) is 34.5. The molecule has 0 N–H and O–H groups in total. The molecule has 1 heterocycles. The minimum absolute atomic E-state index is 0.112. The van der Waals surface area contributed by atoms with Crippen molar-refractivity contribution in [2.24, 2.45) is 0 Å². The molecule has 0 fully saturated rings. The fraction of sp³-hybridized carbons (Fsp3) is 0.0638. The van der Waals surface area contributed by atoms with Crippen LogP contribution in [0.3, 0.4) is 0 Å². The van der Waals surface area contributed by atoms with Gasteiger partial charge in [0.15, 0.2) is 0 Å². The number of hydrogen-bond donors (Lipinski definition) is 0. The highest BCUT2D eigenvalue weighted by molar-refractivity contribution is 6.36. The van der Waals surface area contributed by atoms with Gasteiger partial charge in [0, 0.05) is 39.7 Å². The summed E-state index contributed by atoms with van der Waals surface area (Å²) in [5.41, 5.74) is 11.7. The van der Waals surface area contributed by atoms with Crippen LogP contribution in [0.15, 0.2) is 174 Å². The largest absolute Gasteiger partial charge is 0.457 e. The molecule has 0 atom stereocenters. The van der Waals surface area contributed by atoms with E-state index in [1.165, 1.54) is 16.7 Å². The number of ether oxygens (including phenoxy) is 1. The Morgan fingerprint density at radius 3 is 2.04 bits per heavy atom. The van der Waals surface area contributed by atoms with Gasteiger partial charge in [-0.2, -0.15) is 0 Å². The number of nitrogens with zero attached hydrogens (tertiary/aromatic N) is 1. The van der Waals surface area contributed by atoms with Crippen LogP contribution in [0.2, 0.25) is 5.02 Å². The van der Waals surface area contributed by atoms with Crippen molar-refractivity contribution in [3.63, 3.8) is 0 Å². The summed E-state index contributed by atoms with van der Waals surface area (Å²) in [4.78, 5) is 2.14. The Balaban J connectivity index is 1.15. The molecule has 0 radical (unpaired) electrons. The van der Waals surface area contributed by atoms with Gasteiger partial charge in [0.05, 0.1) is 10.7 Å². The Labute approximate surface area is 303 Å². The first kappa shape index (κ1) is 31.0. The molecule has 246 valence electrons. The predicted octanol–water partition coefficient (Wildman–Crippen LogP) is 14.0. The third kappa shape index (κ3) is 5.47. The molecular weight excluding hydrogens is 646 g/mol. The lowest BCUT2D eigenvalue weighted by Gasteiger charge is -2.23. The molecule has 51 heavy (non-hydrogen) atoms. The number of anilines is 3. The highest BCUT2D eigenvalue weighted by Gasteiger charge is 2.37. The summed E-state index contributed by atoms with van der Waals surface area (Å²) in [6.07, 6.45) is 0. The predicted molar refractivity (Wildman–Crippen MR) is 211 cm³/mol. The van der Waals surface area contributed by atoms with Crippen LogP contribution in [0.25, 0.3) is 44.3 Å². The Bertz CT molecular complexity index is 2550. The van der Waals surface area contributed by atoms with Crippen molar-refractivity contribution in [1.29, 1.82) is 0 Å². The quantitative estimate of drug-likeness (QED) is 0.168. The number of benzene rings is 7. The van der Waals surface area contributed by atoms with Gasteiger partial charge in [0.1, 0.15) is 17.1 Å². The Kier molecular flexibility index (Phi) is 7.52. The van der Waals surface area contributed by atoms with Crippen LogP contribution < -0.4 is 9.64 Å². The minimum atomic E-state index is -0.112. The van der Waals surface area contributed by atoms with Gasteiger partial charge in [0.25, 0.3) is 0 Å². The molecule has 7 aromatic carbocycles. The van der Waals surface area contributed by atoms with E-state index in [4.69, 9.17) is 20.8 Å². The van der Waals surface area contributed by atoms with Crippen LogP contribution in [-0.4, -0.2) is 0 Å². The van der Waals surface area contributed by atoms with E-state index in [9.17, 15) is 0 Å². The summed E-state index contributed by atoms with van der Waals surface area (Å²) in [5.74, 6) is 2.21. The summed E-state index contributed by atoms with van der Waals surface area (Å²) in [6.45, 7) is 4.55. The van der Waals surface area contributed by atoms with Gasteiger partial charge in [-0.25, -0.2) is 0 Å². The van der Waals surface area contributed by atoms with Crippen LogP contribution in [0, 0.1) is 0 Å².